The maximum absolute atomic E-state index is 12.3. The Balaban J connectivity index is 1.69. The van der Waals surface area contributed by atoms with Gasteiger partial charge in [0.15, 0.2) is 0 Å². The van der Waals surface area contributed by atoms with Gasteiger partial charge in [-0.25, -0.2) is 4.98 Å². The number of halogens is 1. The number of carbonyl (C=O) groups is 1. The fourth-order valence-electron chi connectivity index (χ4n) is 2.34. The molecule has 1 aromatic heterocycles. The minimum Gasteiger partial charge on any atom is -0.325 e. The van der Waals surface area contributed by atoms with Gasteiger partial charge in [0, 0.05) is 21.7 Å². The first-order chi connectivity index (χ1) is 11.5. The van der Waals surface area contributed by atoms with Crippen molar-refractivity contribution < 1.29 is 4.79 Å². The number of rotatable bonds is 4. The van der Waals surface area contributed by atoms with Crippen molar-refractivity contribution in [2.45, 2.75) is 20.3 Å². The van der Waals surface area contributed by atoms with Crippen molar-refractivity contribution in [2.75, 3.05) is 5.32 Å². The predicted octanol–water partition coefficient (Wildman–Crippen LogP) is 5.26. The number of nitrogens with one attached hydrogen (secondary N) is 1. The molecule has 3 rings (SSSR count). The zero-order valence-electron chi connectivity index (χ0n) is 13.5. The van der Waals surface area contributed by atoms with Crippen molar-refractivity contribution in [2.24, 2.45) is 0 Å². The maximum atomic E-state index is 12.3. The summed E-state index contributed by atoms with van der Waals surface area (Å²) in [5.41, 5.74) is 4.80. The molecule has 0 bridgehead atoms. The topological polar surface area (TPSA) is 42.0 Å². The van der Waals surface area contributed by atoms with Crippen LogP contribution >= 0.6 is 22.9 Å². The molecular formula is C19H17ClN2OS. The number of aromatic nitrogens is 1. The molecule has 0 aliphatic carbocycles. The van der Waals surface area contributed by atoms with Gasteiger partial charge in [-0.3, -0.25) is 4.79 Å². The number of nitrogens with zero attached hydrogens (tertiary/aromatic N) is 1. The lowest BCUT2D eigenvalue weighted by Crippen LogP contribution is -2.15. The highest BCUT2D eigenvalue weighted by Crippen LogP contribution is 2.25. The Morgan fingerprint density at radius 2 is 1.92 bits per heavy atom. The molecule has 0 saturated carbocycles. The lowest BCUT2D eigenvalue weighted by molar-refractivity contribution is -0.115. The molecule has 3 nitrogen and oxygen atoms in total. The molecule has 2 aromatic carbocycles. The van der Waals surface area contributed by atoms with Crippen LogP contribution in [0.5, 0.6) is 0 Å². The van der Waals surface area contributed by atoms with Crippen LogP contribution in [-0.4, -0.2) is 10.9 Å². The van der Waals surface area contributed by atoms with E-state index in [1.165, 1.54) is 11.3 Å². The molecule has 0 saturated heterocycles. The van der Waals surface area contributed by atoms with Crippen LogP contribution in [0, 0.1) is 13.8 Å². The summed E-state index contributed by atoms with van der Waals surface area (Å²) in [4.78, 5) is 16.8. The van der Waals surface area contributed by atoms with Gasteiger partial charge in [0.2, 0.25) is 5.91 Å². The van der Waals surface area contributed by atoms with Crippen LogP contribution < -0.4 is 5.32 Å². The molecule has 0 radical (unpaired) electrons. The van der Waals surface area contributed by atoms with Gasteiger partial charge in [-0.1, -0.05) is 35.9 Å². The van der Waals surface area contributed by atoms with E-state index < -0.39 is 0 Å². The van der Waals surface area contributed by atoms with Gasteiger partial charge >= 0.3 is 0 Å². The third-order valence-electron chi connectivity index (χ3n) is 3.65. The number of hydrogen-bond acceptors (Lipinski definition) is 3. The molecule has 1 amide bonds. The fourth-order valence-corrected chi connectivity index (χ4v) is 3.29. The van der Waals surface area contributed by atoms with E-state index in [1.807, 2.05) is 61.7 Å². The minimum absolute atomic E-state index is 0.0587. The van der Waals surface area contributed by atoms with Gasteiger partial charge in [0.05, 0.1) is 12.1 Å². The van der Waals surface area contributed by atoms with Gasteiger partial charge in [0.1, 0.15) is 5.01 Å². The van der Waals surface area contributed by atoms with Crippen molar-refractivity contribution >= 4 is 34.5 Å². The van der Waals surface area contributed by atoms with Gasteiger partial charge in [-0.2, -0.15) is 0 Å². The molecule has 0 spiro atoms. The van der Waals surface area contributed by atoms with Crippen molar-refractivity contribution in [3.8, 4) is 10.6 Å². The zero-order chi connectivity index (χ0) is 17.1. The Kier molecular flexibility index (Phi) is 4.97. The largest absolute Gasteiger partial charge is 0.325 e. The number of thiazole rings is 1. The number of aryl methyl sites for hydroxylation is 2. The van der Waals surface area contributed by atoms with E-state index in [9.17, 15) is 4.79 Å². The Morgan fingerprint density at radius 1 is 1.17 bits per heavy atom. The normalized spacial score (nSPS) is 10.6. The smallest absolute Gasteiger partial charge is 0.230 e. The van der Waals surface area contributed by atoms with Crippen LogP contribution in [0.4, 0.5) is 5.69 Å². The van der Waals surface area contributed by atoms with Crippen molar-refractivity contribution in [3.63, 3.8) is 0 Å². The average Bonchev–Trinajstić information content (AvgIpc) is 3.00. The van der Waals surface area contributed by atoms with Crippen molar-refractivity contribution in [1.29, 1.82) is 0 Å². The van der Waals surface area contributed by atoms with E-state index in [2.05, 4.69) is 10.3 Å². The summed E-state index contributed by atoms with van der Waals surface area (Å²) in [5.74, 6) is -0.0587. The first-order valence-corrected chi connectivity index (χ1v) is 8.84. The number of carbonyl (C=O) groups excluding carboxylic acids is 1. The third-order valence-corrected chi connectivity index (χ3v) is 4.84. The molecule has 0 aliphatic heterocycles. The number of amides is 1. The quantitative estimate of drug-likeness (QED) is 0.692. The molecule has 1 N–H and O–H groups in total. The molecule has 24 heavy (non-hydrogen) atoms. The van der Waals surface area contributed by atoms with E-state index in [-0.39, 0.29) is 12.3 Å². The summed E-state index contributed by atoms with van der Waals surface area (Å²) in [6, 6.07) is 13.6. The van der Waals surface area contributed by atoms with Crippen molar-refractivity contribution in [1.82, 2.24) is 4.98 Å². The predicted molar refractivity (Wildman–Crippen MR) is 101 cm³/mol. The van der Waals surface area contributed by atoms with Gasteiger partial charge in [-0.05, 0) is 43.2 Å². The first-order valence-electron chi connectivity index (χ1n) is 7.59. The summed E-state index contributed by atoms with van der Waals surface area (Å²) in [6.07, 6.45) is 0.261. The Bertz CT molecular complexity index is 871. The molecule has 1 heterocycles. The average molecular weight is 357 g/mol. The van der Waals surface area contributed by atoms with Gasteiger partial charge < -0.3 is 5.32 Å². The molecule has 5 heteroatoms. The highest BCUT2D eigenvalue weighted by molar-refractivity contribution is 7.13. The van der Waals surface area contributed by atoms with Gasteiger partial charge in [0.25, 0.3) is 0 Å². The molecule has 122 valence electrons. The zero-order valence-corrected chi connectivity index (χ0v) is 15.0. The van der Waals surface area contributed by atoms with Crippen LogP contribution in [0.25, 0.3) is 10.6 Å². The number of benzene rings is 2. The Labute approximate surface area is 150 Å². The highest BCUT2D eigenvalue weighted by Gasteiger charge is 2.10. The summed E-state index contributed by atoms with van der Waals surface area (Å²) >= 11 is 7.43. The SMILES string of the molecule is Cc1ccc(C)c(NC(=O)Cc2csc(-c3ccc(Cl)cc3)n2)c1. The van der Waals surface area contributed by atoms with Crippen molar-refractivity contribution in [3.05, 3.63) is 69.7 Å². The van der Waals surface area contributed by atoms with Crippen LogP contribution in [0.1, 0.15) is 16.8 Å². The van der Waals surface area contributed by atoms with Crippen LogP contribution in [0.3, 0.4) is 0 Å². The summed E-state index contributed by atoms with van der Waals surface area (Å²) in [7, 11) is 0. The molecular weight excluding hydrogens is 340 g/mol. The summed E-state index contributed by atoms with van der Waals surface area (Å²) < 4.78 is 0. The summed E-state index contributed by atoms with van der Waals surface area (Å²) in [5, 5.41) is 6.48. The second-order valence-corrected chi connectivity index (χ2v) is 6.99. The second-order valence-electron chi connectivity index (χ2n) is 5.69. The summed E-state index contributed by atoms with van der Waals surface area (Å²) in [6.45, 7) is 3.99. The van der Waals surface area contributed by atoms with Crippen LogP contribution in [-0.2, 0) is 11.2 Å². The third kappa shape index (κ3) is 4.02. The lowest BCUT2D eigenvalue weighted by atomic mass is 10.1. The van der Waals surface area contributed by atoms with E-state index in [0.29, 0.717) is 5.02 Å². The number of hydrogen-bond donors (Lipinski definition) is 1. The molecule has 0 fully saturated rings. The minimum atomic E-state index is -0.0587. The molecule has 0 aliphatic rings. The monoisotopic (exact) mass is 356 g/mol. The lowest BCUT2D eigenvalue weighted by Gasteiger charge is -2.08. The highest BCUT2D eigenvalue weighted by atomic mass is 35.5. The van der Waals surface area contributed by atoms with Gasteiger partial charge in [-0.15, -0.1) is 11.3 Å². The van der Waals surface area contributed by atoms with E-state index in [4.69, 9.17) is 11.6 Å². The fraction of sp³-hybridized carbons (Fsp3) is 0.158. The molecule has 0 unspecified atom stereocenters. The van der Waals surface area contributed by atoms with E-state index in [0.717, 1.165) is 33.1 Å². The molecule has 3 aromatic rings. The van der Waals surface area contributed by atoms with E-state index in [1.54, 1.807) is 0 Å². The Morgan fingerprint density at radius 3 is 2.67 bits per heavy atom. The standard InChI is InChI=1S/C19H17ClN2OS/c1-12-3-4-13(2)17(9-12)22-18(23)10-16-11-24-19(21-16)14-5-7-15(20)8-6-14/h3-9,11H,10H2,1-2H3,(H,22,23). The number of anilines is 1. The molecule has 0 atom stereocenters. The van der Waals surface area contributed by atoms with E-state index >= 15 is 0 Å². The maximum Gasteiger partial charge on any atom is 0.230 e. The van der Waals surface area contributed by atoms with Crippen LogP contribution in [0.2, 0.25) is 5.02 Å². The van der Waals surface area contributed by atoms with Crippen LogP contribution in [0.15, 0.2) is 47.8 Å². The Hall–Kier alpha value is -2.17. The first kappa shape index (κ1) is 16.7. The second kappa shape index (κ2) is 7.16.